The van der Waals surface area contributed by atoms with Crippen molar-refractivity contribution in [2.45, 2.75) is 51.1 Å². The molecule has 1 heterocycles. The zero-order valence-electron chi connectivity index (χ0n) is 13.9. The summed E-state index contributed by atoms with van der Waals surface area (Å²) in [7, 11) is 0. The Morgan fingerprint density at radius 3 is 2.74 bits per heavy atom. The van der Waals surface area contributed by atoms with Crippen LogP contribution in [0, 0.1) is 17.8 Å². The van der Waals surface area contributed by atoms with Gasteiger partial charge in [0.25, 0.3) is 0 Å². The van der Waals surface area contributed by atoms with Crippen LogP contribution in [-0.4, -0.2) is 29.9 Å². The molecule has 4 rings (SSSR count). The van der Waals surface area contributed by atoms with E-state index in [0.717, 1.165) is 38.4 Å². The number of hydrogen-bond donors (Lipinski definition) is 1. The van der Waals surface area contributed by atoms with Gasteiger partial charge in [0.15, 0.2) is 0 Å². The summed E-state index contributed by atoms with van der Waals surface area (Å²) < 4.78 is 0. The van der Waals surface area contributed by atoms with Gasteiger partial charge in [0.1, 0.15) is 0 Å². The van der Waals surface area contributed by atoms with E-state index >= 15 is 0 Å². The van der Waals surface area contributed by atoms with Gasteiger partial charge in [-0.3, -0.25) is 9.69 Å². The predicted octanol–water partition coefficient (Wildman–Crippen LogP) is 3.20. The Kier molecular flexibility index (Phi) is 4.39. The molecular weight excluding hydrogens is 284 g/mol. The van der Waals surface area contributed by atoms with Crippen molar-refractivity contribution in [1.82, 2.24) is 10.2 Å². The quantitative estimate of drug-likeness (QED) is 0.926. The van der Waals surface area contributed by atoms with E-state index in [2.05, 4.69) is 40.5 Å². The largest absolute Gasteiger partial charge is 0.352 e. The fourth-order valence-electron chi connectivity index (χ4n) is 5.03. The lowest BCUT2D eigenvalue weighted by Crippen LogP contribution is -2.49. The fourth-order valence-corrected chi connectivity index (χ4v) is 5.03. The van der Waals surface area contributed by atoms with Gasteiger partial charge in [0.2, 0.25) is 5.91 Å². The molecule has 0 radical (unpaired) electrons. The summed E-state index contributed by atoms with van der Waals surface area (Å²) in [5.74, 6) is 2.20. The first-order valence-corrected chi connectivity index (χ1v) is 9.34. The summed E-state index contributed by atoms with van der Waals surface area (Å²) in [4.78, 5) is 15.1. The first-order valence-electron chi connectivity index (χ1n) is 9.34. The molecule has 1 amide bonds. The standard InChI is InChI=1S/C20H28N2O/c23-20(19-12-16-8-9-17(19)11-16)21-18-7-4-10-22(14-18)13-15-5-2-1-3-6-15/h1-3,5-6,16-19H,4,7-14H2,(H,21,23)/t16-,17-,18-,19-/m0/s1. The van der Waals surface area contributed by atoms with Crippen LogP contribution in [0.5, 0.6) is 0 Å². The summed E-state index contributed by atoms with van der Waals surface area (Å²) in [6.07, 6.45) is 7.43. The molecule has 2 bridgehead atoms. The highest BCUT2D eigenvalue weighted by Crippen LogP contribution is 2.48. The van der Waals surface area contributed by atoms with Crippen molar-refractivity contribution in [1.29, 1.82) is 0 Å². The third-order valence-corrected chi connectivity index (χ3v) is 6.18. The Morgan fingerprint density at radius 2 is 2.00 bits per heavy atom. The van der Waals surface area contributed by atoms with Crippen LogP contribution in [-0.2, 0) is 11.3 Å². The van der Waals surface area contributed by atoms with E-state index in [0.29, 0.717) is 23.8 Å². The van der Waals surface area contributed by atoms with Gasteiger partial charge >= 0.3 is 0 Å². The summed E-state index contributed by atoms with van der Waals surface area (Å²) in [6, 6.07) is 11.0. The zero-order chi connectivity index (χ0) is 15.6. The van der Waals surface area contributed by atoms with Gasteiger partial charge in [-0.25, -0.2) is 0 Å². The van der Waals surface area contributed by atoms with E-state index in [1.807, 2.05) is 0 Å². The maximum Gasteiger partial charge on any atom is 0.223 e. The molecule has 1 saturated heterocycles. The number of nitrogens with one attached hydrogen (secondary N) is 1. The number of nitrogens with zero attached hydrogens (tertiary/aromatic N) is 1. The summed E-state index contributed by atoms with van der Waals surface area (Å²) in [5.41, 5.74) is 1.37. The lowest BCUT2D eigenvalue weighted by Gasteiger charge is -2.34. The summed E-state index contributed by atoms with van der Waals surface area (Å²) in [5, 5.41) is 3.38. The minimum atomic E-state index is 0.318. The van der Waals surface area contributed by atoms with Gasteiger partial charge in [-0.05, 0) is 56.0 Å². The Bertz CT molecular complexity index is 544. The van der Waals surface area contributed by atoms with Crippen LogP contribution in [0.2, 0.25) is 0 Å². The van der Waals surface area contributed by atoms with Gasteiger partial charge in [-0.15, -0.1) is 0 Å². The average Bonchev–Trinajstić information content (AvgIpc) is 3.19. The van der Waals surface area contributed by atoms with Crippen LogP contribution in [0.15, 0.2) is 30.3 Å². The van der Waals surface area contributed by atoms with E-state index in [-0.39, 0.29) is 0 Å². The number of benzene rings is 1. The lowest BCUT2D eigenvalue weighted by atomic mass is 9.88. The van der Waals surface area contributed by atoms with E-state index in [9.17, 15) is 4.79 Å². The highest BCUT2D eigenvalue weighted by Gasteiger charge is 2.43. The lowest BCUT2D eigenvalue weighted by molar-refractivity contribution is -0.127. The maximum absolute atomic E-state index is 12.6. The molecule has 3 heteroatoms. The third-order valence-electron chi connectivity index (χ3n) is 6.18. The van der Waals surface area contributed by atoms with Crippen LogP contribution < -0.4 is 5.32 Å². The van der Waals surface area contributed by atoms with E-state index in [1.54, 1.807) is 0 Å². The van der Waals surface area contributed by atoms with Crippen molar-refractivity contribution >= 4 is 5.91 Å². The molecule has 3 nitrogen and oxygen atoms in total. The Balaban J connectivity index is 1.30. The number of likely N-dealkylation sites (tertiary alicyclic amines) is 1. The molecule has 1 aromatic carbocycles. The molecule has 2 aliphatic carbocycles. The second-order valence-corrected chi connectivity index (χ2v) is 7.85. The second-order valence-electron chi connectivity index (χ2n) is 7.85. The van der Waals surface area contributed by atoms with Crippen LogP contribution in [0.25, 0.3) is 0 Å². The number of hydrogen-bond acceptors (Lipinski definition) is 2. The topological polar surface area (TPSA) is 32.3 Å². The Hall–Kier alpha value is -1.35. The van der Waals surface area contributed by atoms with Crippen LogP contribution in [0.3, 0.4) is 0 Å². The fraction of sp³-hybridized carbons (Fsp3) is 0.650. The predicted molar refractivity (Wildman–Crippen MR) is 91.8 cm³/mol. The first kappa shape index (κ1) is 15.2. The van der Waals surface area contributed by atoms with Gasteiger partial charge in [-0.1, -0.05) is 36.8 Å². The van der Waals surface area contributed by atoms with Crippen molar-refractivity contribution < 1.29 is 4.79 Å². The normalized spacial score (nSPS) is 33.7. The van der Waals surface area contributed by atoms with Crippen molar-refractivity contribution in [3.05, 3.63) is 35.9 Å². The molecule has 1 N–H and O–H groups in total. The van der Waals surface area contributed by atoms with Gasteiger partial charge < -0.3 is 5.32 Å². The van der Waals surface area contributed by atoms with Crippen LogP contribution >= 0.6 is 0 Å². The molecule has 0 unspecified atom stereocenters. The van der Waals surface area contributed by atoms with Crippen molar-refractivity contribution in [3.63, 3.8) is 0 Å². The minimum absolute atomic E-state index is 0.318. The third kappa shape index (κ3) is 3.45. The van der Waals surface area contributed by atoms with Gasteiger partial charge in [-0.2, -0.15) is 0 Å². The summed E-state index contributed by atoms with van der Waals surface area (Å²) >= 11 is 0. The molecule has 0 spiro atoms. The molecule has 3 aliphatic rings. The molecule has 2 saturated carbocycles. The molecular formula is C20H28N2O. The highest BCUT2D eigenvalue weighted by atomic mass is 16.2. The molecule has 124 valence electrons. The van der Waals surface area contributed by atoms with Gasteiger partial charge in [0.05, 0.1) is 0 Å². The number of carbonyl (C=O) groups excluding carboxylic acids is 1. The molecule has 4 atom stereocenters. The second kappa shape index (κ2) is 6.64. The number of fused-ring (bicyclic) bond motifs is 2. The molecule has 3 fully saturated rings. The molecule has 23 heavy (non-hydrogen) atoms. The number of rotatable bonds is 4. The Labute approximate surface area is 139 Å². The molecule has 1 aromatic rings. The number of carbonyl (C=O) groups is 1. The van der Waals surface area contributed by atoms with Crippen molar-refractivity contribution in [3.8, 4) is 0 Å². The Morgan fingerprint density at radius 1 is 1.13 bits per heavy atom. The van der Waals surface area contributed by atoms with Crippen LogP contribution in [0.1, 0.15) is 44.1 Å². The van der Waals surface area contributed by atoms with Crippen molar-refractivity contribution in [2.24, 2.45) is 17.8 Å². The minimum Gasteiger partial charge on any atom is -0.352 e. The monoisotopic (exact) mass is 312 g/mol. The van der Waals surface area contributed by atoms with Crippen LogP contribution in [0.4, 0.5) is 0 Å². The molecule has 1 aliphatic heterocycles. The maximum atomic E-state index is 12.6. The average molecular weight is 312 g/mol. The van der Waals surface area contributed by atoms with E-state index in [1.165, 1.54) is 31.2 Å². The number of piperidine rings is 1. The van der Waals surface area contributed by atoms with Crippen molar-refractivity contribution in [2.75, 3.05) is 13.1 Å². The number of amides is 1. The van der Waals surface area contributed by atoms with E-state index in [4.69, 9.17) is 0 Å². The zero-order valence-corrected chi connectivity index (χ0v) is 13.9. The SMILES string of the molecule is O=C(N[C@H]1CCCN(Cc2ccccc2)C1)[C@H]1C[C@H]2CC[C@H]1C2. The van der Waals surface area contributed by atoms with Gasteiger partial charge in [0, 0.05) is 25.0 Å². The molecule has 0 aromatic heterocycles. The first-order chi connectivity index (χ1) is 11.3. The highest BCUT2D eigenvalue weighted by molar-refractivity contribution is 5.79. The smallest absolute Gasteiger partial charge is 0.223 e. The van der Waals surface area contributed by atoms with E-state index < -0.39 is 0 Å². The summed E-state index contributed by atoms with van der Waals surface area (Å²) in [6.45, 7) is 3.15.